The van der Waals surface area contributed by atoms with Crippen molar-refractivity contribution in [2.24, 2.45) is 0 Å². The van der Waals surface area contributed by atoms with Crippen LogP contribution in [0, 0.1) is 0 Å². The average molecular weight is 273 g/mol. The Balaban J connectivity index is 2.49. The lowest BCUT2D eigenvalue weighted by atomic mass is 10.1. The van der Waals surface area contributed by atoms with E-state index in [1.165, 1.54) is 16.7 Å². The van der Waals surface area contributed by atoms with Crippen molar-refractivity contribution in [1.82, 2.24) is 5.32 Å². The van der Waals surface area contributed by atoms with E-state index in [4.69, 9.17) is 0 Å². The highest BCUT2D eigenvalue weighted by Gasteiger charge is 2.06. The quantitative estimate of drug-likeness (QED) is 0.806. The summed E-state index contributed by atoms with van der Waals surface area (Å²) in [7, 11) is -2.88. The lowest BCUT2D eigenvalue weighted by Gasteiger charge is -2.14. The number of benzene rings is 1. The summed E-state index contributed by atoms with van der Waals surface area (Å²) in [6, 6.07) is 8.48. The van der Waals surface area contributed by atoms with Gasteiger partial charge < -0.3 is 5.32 Å². The minimum Gasteiger partial charge on any atom is -0.309 e. The van der Waals surface area contributed by atoms with E-state index < -0.39 is 9.84 Å². The first-order valence-corrected chi connectivity index (χ1v) is 8.76. The van der Waals surface area contributed by atoms with Gasteiger partial charge in [-0.15, -0.1) is 11.8 Å². The molecule has 1 aromatic carbocycles. The molecule has 0 spiro atoms. The maximum Gasteiger partial charge on any atom is 0.148 e. The summed E-state index contributed by atoms with van der Waals surface area (Å²) in [6.07, 6.45) is 3.30. The molecule has 0 bridgehead atoms. The second kappa shape index (κ2) is 6.42. The van der Waals surface area contributed by atoms with Crippen molar-refractivity contribution in [1.29, 1.82) is 0 Å². The first kappa shape index (κ1) is 14.5. The number of nitrogens with one attached hydrogen (secondary N) is 1. The predicted octanol–water partition coefficient (Wildman–Crippen LogP) is 2.10. The molecule has 96 valence electrons. The van der Waals surface area contributed by atoms with Crippen LogP contribution in [-0.4, -0.2) is 33.2 Å². The number of sulfone groups is 1. The minimum absolute atomic E-state index is 0.174. The summed E-state index contributed by atoms with van der Waals surface area (Å²) >= 11 is 1.71. The number of hydrogen-bond acceptors (Lipinski definition) is 4. The minimum atomic E-state index is -2.88. The molecule has 1 unspecified atom stereocenters. The van der Waals surface area contributed by atoms with Crippen molar-refractivity contribution < 1.29 is 8.42 Å². The summed E-state index contributed by atoms with van der Waals surface area (Å²) in [5.41, 5.74) is 1.18. The fourth-order valence-corrected chi connectivity index (χ4v) is 2.37. The van der Waals surface area contributed by atoms with Gasteiger partial charge in [0.25, 0.3) is 0 Å². The third-order valence-electron chi connectivity index (χ3n) is 2.54. The topological polar surface area (TPSA) is 46.2 Å². The highest BCUT2D eigenvalue weighted by molar-refractivity contribution is 7.98. The molecule has 0 aromatic heterocycles. The van der Waals surface area contributed by atoms with Gasteiger partial charge in [0.15, 0.2) is 0 Å². The summed E-state index contributed by atoms with van der Waals surface area (Å²) in [6.45, 7) is 2.53. The zero-order chi connectivity index (χ0) is 12.9. The van der Waals surface area contributed by atoms with Gasteiger partial charge in [-0.3, -0.25) is 0 Å². The van der Waals surface area contributed by atoms with Crippen LogP contribution in [0.25, 0.3) is 0 Å². The zero-order valence-corrected chi connectivity index (χ0v) is 12.1. The Morgan fingerprint density at radius 3 is 2.35 bits per heavy atom. The molecule has 17 heavy (non-hydrogen) atoms. The molecule has 1 N–H and O–H groups in total. The molecule has 0 fully saturated rings. The van der Waals surface area contributed by atoms with Gasteiger partial charge in [0.2, 0.25) is 0 Å². The van der Waals surface area contributed by atoms with Crippen LogP contribution in [0.5, 0.6) is 0 Å². The van der Waals surface area contributed by atoms with Crippen LogP contribution in [0.1, 0.15) is 18.5 Å². The van der Waals surface area contributed by atoms with Gasteiger partial charge >= 0.3 is 0 Å². The van der Waals surface area contributed by atoms with Gasteiger partial charge in [-0.1, -0.05) is 12.1 Å². The molecule has 1 aromatic rings. The standard InChI is InChI=1S/C12H19NO2S2/c1-10(13-8-9-17(3,14)15)11-4-6-12(16-2)7-5-11/h4-7,10,13H,8-9H2,1-3H3. The molecule has 0 saturated heterocycles. The van der Waals surface area contributed by atoms with Crippen LogP contribution in [0.2, 0.25) is 0 Å². The van der Waals surface area contributed by atoms with Gasteiger partial charge in [-0.05, 0) is 30.9 Å². The van der Waals surface area contributed by atoms with E-state index in [0.29, 0.717) is 6.54 Å². The Kier molecular flexibility index (Phi) is 5.49. The Morgan fingerprint density at radius 1 is 1.29 bits per heavy atom. The van der Waals surface area contributed by atoms with E-state index in [0.717, 1.165) is 0 Å². The monoisotopic (exact) mass is 273 g/mol. The van der Waals surface area contributed by atoms with Crippen molar-refractivity contribution >= 4 is 21.6 Å². The van der Waals surface area contributed by atoms with Crippen molar-refractivity contribution in [2.45, 2.75) is 17.9 Å². The lowest BCUT2D eigenvalue weighted by molar-refractivity contribution is 0.575. The smallest absolute Gasteiger partial charge is 0.148 e. The second-order valence-electron chi connectivity index (χ2n) is 4.08. The first-order valence-electron chi connectivity index (χ1n) is 5.47. The Hall–Kier alpha value is -0.520. The SMILES string of the molecule is CSc1ccc(C(C)NCCS(C)(=O)=O)cc1. The molecule has 1 atom stereocenters. The molecular weight excluding hydrogens is 254 g/mol. The van der Waals surface area contributed by atoms with Gasteiger partial charge in [-0.25, -0.2) is 8.42 Å². The predicted molar refractivity (Wildman–Crippen MR) is 74.4 cm³/mol. The molecule has 0 aliphatic rings. The van der Waals surface area contributed by atoms with E-state index in [1.807, 2.05) is 13.2 Å². The maximum atomic E-state index is 11.0. The molecule has 1 rings (SSSR count). The molecular formula is C12H19NO2S2. The van der Waals surface area contributed by atoms with Crippen molar-refractivity contribution in [3.63, 3.8) is 0 Å². The molecule has 0 saturated carbocycles. The third kappa shape index (κ3) is 5.57. The van der Waals surface area contributed by atoms with E-state index in [9.17, 15) is 8.42 Å². The normalized spacial score (nSPS) is 13.6. The van der Waals surface area contributed by atoms with Gasteiger partial charge in [0.1, 0.15) is 9.84 Å². The Bertz CT molecular complexity index is 440. The van der Waals surface area contributed by atoms with Crippen molar-refractivity contribution in [3.8, 4) is 0 Å². The lowest BCUT2D eigenvalue weighted by Crippen LogP contribution is -2.25. The molecule has 0 aliphatic carbocycles. The zero-order valence-electron chi connectivity index (χ0n) is 10.4. The largest absolute Gasteiger partial charge is 0.309 e. The van der Waals surface area contributed by atoms with E-state index >= 15 is 0 Å². The average Bonchev–Trinajstić information content (AvgIpc) is 2.27. The summed E-state index contributed by atoms with van der Waals surface area (Å²) in [5, 5.41) is 3.21. The summed E-state index contributed by atoms with van der Waals surface area (Å²) in [4.78, 5) is 1.23. The Labute approximate surface area is 108 Å². The summed E-state index contributed by atoms with van der Waals surface area (Å²) < 4.78 is 22.0. The van der Waals surface area contributed by atoms with Crippen LogP contribution >= 0.6 is 11.8 Å². The van der Waals surface area contributed by atoms with Crippen LogP contribution < -0.4 is 5.32 Å². The third-order valence-corrected chi connectivity index (χ3v) is 4.23. The van der Waals surface area contributed by atoms with Crippen LogP contribution in [0.3, 0.4) is 0 Å². The van der Waals surface area contributed by atoms with Gasteiger partial charge in [0.05, 0.1) is 5.75 Å². The van der Waals surface area contributed by atoms with Crippen molar-refractivity contribution in [3.05, 3.63) is 29.8 Å². The van der Waals surface area contributed by atoms with E-state index in [1.54, 1.807) is 11.8 Å². The molecule has 5 heteroatoms. The van der Waals surface area contributed by atoms with Gasteiger partial charge in [0, 0.05) is 23.7 Å². The van der Waals surface area contributed by atoms with Crippen LogP contribution in [-0.2, 0) is 9.84 Å². The van der Waals surface area contributed by atoms with Crippen LogP contribution in [0.4, 0.5) is 0 Å². The molecule has 0 aliphatic heterocycles. The highest BCUT2D eigenvalue weighted by Crippen LogP contribution is 2.18. The van der Waals surface area contributed by atoms with E-state index in [2.05, 4.69) is 29.6 Å². The summed E-state index contributed by atoms with van der Waals surface area (Å²) in [5.74, 6) is 0.181. The number of rotatable bonds is 6. The molecule has 0 heterocycles. The molecule has 0 radical (unpaired) electrons. The van der Waals surface area contributed by atoms with E-state index in [-0.39, 0.29) is 11.8 Å². The Morgan fingerprint density at radius 2 is 1.88 bits per heavy atom. The first-order chi connectivity index (χ1) is 7.92. The maximum absolute atomic E-state index is 11.0. The van der Waals surface area contributed by atoms with Crippen molar-refractivity contribution in [2.75, 3.05) is 24.8 Å². The molecule has 0 amide bonds. The highest BCUT2D eigenvalue weighted by atomic mass is 32.2. The number of hydrogen-bond donors (Lipinski definition) is 1. The van der Waals surface area contributed by atoms with Gasteiger partial charge in [-0.2, -0.15) is 0 Å². The number of thioether (sulfide) groups is 1. The molecule has 3 nitrogen and oxygen atoms in total. The fourth-order valence-electron chi connectivity index (χ4n) is 1.47. The second-order valence-corrected chi connectivity index (χ2v) is 7.22. The van der Waals surface area contributed by atoms with Crippen LogP contribution in [0.15, 0.2) is 29.2 Å². The fraction of sp³-hybridized carbons (Fsp3) is 0.500.